The summed E-state index contributed by atoms with van der Waals surface area (Å²) in [7, 11) is 0. The molecule has 0 spiro atoms. The Morgan fingerprint density at radius 2 is 1.71 bits per heavy atom. The molecule has 0 saturated heterocycles. The minimum Gasteiger partial charge on any atom is -0.503 e. The van der Waals surface area contributed by atoms with Gasteiger partial charge in [-0.2, -0.15) is 13.8 Å². The first-order valence-corrected chi connectivity index (χ1v) is 1.68. The maximum atomic E-state index is 9.66. The summed E-state index contributed by atoms with van der Waals surface area (Å²) in [6.07, 6.45) is 0. The van der Waals surface area contributed by atoms with Crippen LogP contribution in [0.1, 0.15) is 13.8 Å². The van der Waals surface area contributed by atoms with Gasteiger partial charge in [0.15, 0.2) is 5.97 Å². The average Bonchev–Trinajstić information content (AvgIpc) is 1.36. The van der Waals surface area contributed by atoms with Gasteiger partial charge in [-0.3, -0.25) is 10.7 Å². The Balaban J connectivity index is 0. The van der Waals surface area contributed by atoms with Gasteiger partial charge in [-0.25, -0.2) is 0 Å². The van der Waals surface area contributed by atoms with Crippen LogP contribution >= 0.6 is 0 Å². The fraction of sp³-hybridized carbons (Fsp3) is 0.500. The van der Waals surface area contributed by atoms with E-state index in [9.17, 15) is 4.79 Å². The first-order valence-electron chi connectivity index (χ1n) is 1.68. The molecular weight excluding hydrogens is 166 g/mol. The Morgan fingerprint density at radius 3 is 1.71 bits per heavy atom. The third-order valence-electron chi connectivity index (χ3n) is 0.428. The molecule has 0 bridgehead atoms. The SMILES string of the molecule is C[C-](C)C(=O)O.[Rb+]. The van der Waals surface area contributed by atoms with E-state index < -0.39 is 5.97 Å². The van der Waals surface area contributed by atoms with Gasteiger partial charge in [0.2, 0.25) is 0 Å². The van der Waals surface area contributed by atoms with E-state index >= 15 is 0 Å². The van der Waals surface area contributed by atoms with Crippen molar-refractivity contribution in [1.82, 2.24) is 0 Å². The molecule has 0 saturated carbocycles. The van der Waals surface area contributed by atoms with Crippen LogP contribution in [0.2, 0.25) is 0 Å². The maximum absolute atomic E-state index is 9.66. The molecule has 0 radical (unpaired) electrons. The molecule has 0 aliphatic heterocycles. The summed E-state index contributed by atoms with van der Waals surface area (Å²) in [5, 5.41) is 7.95. The molecule has 0 aliphatic rings. The van der Waals surface area contributed by atoms with Gasteiger partial charge in [0, 0.05) is 0 Å². The van der Waals surface area contributed by atoms with Gasteiger partial charge in [0.25, 0.3) is 0 Å². The van der Waals surface area contributed by atoms with Crippen LogP contribution in [0.5, 0.6) is 0 Å². The predicted molar refractivity (Wildman–Crippen MR) is 22.2 cm³/mol. The summed E-state index contributed by atoms with van der Waals surface area (Å²) in [4.78, 5) is 9.66. The number of carboxylic acids is 1. The molecule has 0 fully saturated rings. The molecule has 0 atom stereocenters. The van der Waals surface area contributed by atoms with Crippen molar-refractivity contribution in [3.63, 3.8) is 0 Å². The van der Waals surface area contributed by atoms with Crippen LogP contribution in [0.3, 0.4) is 0 Å². The molecule has 3 heteroatoms. The third kappa shape index (κ3) is 7.15. The first kappa shape index (κ1) is 11.0. The van der Waals surface area contributed by atoms with Crippen LogP contribution in [0.15, 0.2) is 0 Å². The Labute approximate surface area is 92.1 Å². The summed E-state index contributed by atoms with van der Waals surface area (Å²) in [5.74, 6) is -0.398. The fourth-order valence-corrected chi connectivity index (χ4v) is 0. The number of hydrogen-bond donors (Lipinski definition) is 1. The molecule has 1 N–H and O–H groups in total. The summed E-state index contributed by atoms with van der Waals surface area (Å²) in [6, 6.07) is 0. The van der Waals surface area contributed by atoms with E-state index in [-0.39, 0.29) is 58.2 Å². The summed E-state index contributed by atoms with van der Waals surface area (Å²) < 4.78 is 0. The summed E-state index contributed by atoms with van der Waals surface area (Å²) in [5.41, 5.74) is 0. The molecule has 2 nitrogen and oxygen atoms in total. The molecule has 0 amide bonds. The zero-order valence-corrected chi connectivity index (χ0v) is 9.77. The molecule has 7 heavy (non-hydrogen) atoms. The quantitative estimate of drug-likeness (QED) is 0.452. The minimum absolute atomic E-state index is 0. The largest absolute Gasteiger partial charge is 1.00 e. The van der Waals surface area contributed by atoms with E-state index in [0.29, 0.717) is 5.92 Å². The second-order valence-corrected chi connectivity index (χ2v) is 1.31. The second-order valence-electron chi connectivity index (χ2n) is 1.31. The van der Waals surface area contributed by atoms with Crippen molar-refractivity contribution < 1.29 is 68.1 Å². The number of rotatable bonds is 1. The second kappa shape index (κ2) is 5.29. The van der Waals surface area contributed by atoms with Gasteiger partial charge in [-0.15, -0.1) is 0 Å². The fourth-order valence-electron chi connectivity index (χ4n) is 0. The zero-order chi connectivity index (χ0) is 5.15. The topological polar surface area (TPSA) is 37.3 Å². The molecule has 0 rings (SSSR count). The van der Waals surface area contributed by atoms with Crippen LogP contribution in [-0.4, -0.2) is 11.1 Å². The van der Waals surface area contributed by atoms with E-state index in [4.69, 9.17) is 5.11 Å². The van der Waals surface area contributed by atoms with Gasteiger partial charge in [0.1, 0.15) is 0 Å². The molecule has 0 aliphatic carbocycles. The predicted octanol–water partition coefficient (Wildman–Crippen LogP) is -2.31. The van der Waals surface area contributed by atoms with Crippen molar-refractivity contribution in [2.45, 2.75) is 13.8 Å². The molecule has 0 aromatic heterocycles. The van der Waals surface area contributed by atoms with Gasteiger partial charge in [-0.05, 0) is 0 Å². The standard InChI is InChI=1S/C4H7O2.Rb/c1-3(2)4(5)6;/h1-2H3,(H,5,6);/q-1;+1. The van der Waals surface area contributed by atoms with Crippen LogP contribution in [0.4, 0.5) is 0 Å². The van der Waals surface area contributed by atoms with Crippen LogP contribution in [0, 0.1) is 5.92 Å². The van der Waals surface area contributed by atoms with E-state index in [2.05, 4.69) is 0 Å². The smallest absolute Gasteiger partial charge is 0.503 e. The van der Waals surface area contributed by atoms with Crippen LogP contribution < -0.4 is 58.2 Å². The minimum atomic E-state index is -0.824. The molecule has 0 heterocycles. The molecular formula is C4H7O2Rb. The number of carboxylic acid groups (broad SMARTS) is 1. The van der Waals surface area contributed by atoms with Crippen LogP contribution in [-0.2, 0) is 4.79 Å². The first-order chi connectivity index (χ1) is 2.64. The number of aliphatic carboxylic acids is 1. The zero-order valence-electron chi connectivity index (χ0n) is 4.86. The van der Waals surface area contributed by atoms with Crippen molar-refractivity contribution in [3.8, 4) is 0 Å². The van der Waals surface area contributed by atoms with E-state index in [0.717, 1.165) is 0 Å². The molecule has 36 valence electrons. The van der Waals surface area contributed by atoms with Crippen molar-refractivity contribution >= 4 is 5.97 Å². The van der Waals surface area contributed by atoms with Crippen molar-refractivity contribution in [2.24, 2.45) is 0 Å². The van der Waals surface area contributed by atoms with Crippen molar-refractivity contribution in [3.05, 3.63) is 5.92 Å². The Kier molecular flexibility index (Phi) is 8.31. The van der Waals surface area contributed by atoms with E-state index in [1.807, 2.05) is 0 Å². The maximum Gasteiger partial charge on any atom is 1.00 e. The number of hydrogen-bond acceptors (Lipinski definition) is 1. The summed E-state index contributed by atoms with van der Waals surface area (Å²) >= 11 is 0. The van der Waals surface area contributed by atoms with Crippen molar-refractivity contribution in [2.75, 3.05) is 0 Å². The third-order valence-corrected chi connectivity index (χ3v) is 0.428. The van der Waals surface area contributed by atoms with Gasteiger partial charge >= 0.3 is 58.2 Å². The van der Waals surface area contributed by atoms with E-state index in [1.54, 1.807) is 13.8 Å². The number of carbonyl (C=O) groups is 1. The average molecular weight is 173 g/mol. The Bertz CT molecular complexity index is 60.7. The normalized spacial score (nSPS) is 6.57. The Morgan fingerprint density at radius 1 is 1.57 bits per heavy atom. The monoisotopic (exact) mass is 172 g/mol. The molecule has 0 aromatic rings. The van der Waals surface area contributed by atoms with Gasteiger partial charge < -0.3 is 5.11 Å². The Hall–Kier alpha value is 1.15. The van der Waals surface area contributed by atoms with Gasteiger partial charge in [-0.1, -0.05) is 0 Å². The van der Waals surface area contributed by atoms with Crippen molar-refractivity contribution in [1.29, 1.82) is 0 Å². The molecule has 0 unspecified atom stereocenters. The molecule has 0 aromatic carbocycles. The van der Waals surface area contributed by atoms with Gasteiger partial charge in [0.05, 0.1) is 0 Å². The summed E-state index contributed by atoms with van der Waals surface area (Å²) in [6.45, 7) is 3.12. The van der Waals surface area contributed by atoms with E-state index in [1.165, 1.54) is 0 Å². The van der Waals surface area contributed by atoms with Crippen LogP contribution in [0.25, 0.3) is 0 Å².